The largest absolute Gasteiger partial charge is 0.481 e. The zero-order valence-electron chi connectivity index (χ0n) is 14.4. The lowest BCUT2D eigenvalue weighted by molar-refractivity contribution is -0.142. The van der Waals surface area contributed by atoms with E-state index < -0.39 is 41.9 Å². The quantitative estimate of drug-likeness (QED) is 0.180. The lowest BCUT2D eigenvalue weighted by Gasteiger charge is -2.21. The fraction of sp³-hybridized carbons (Fsp3) is 0.714. The van der Waals surface area contributed by atoms with Gasteiger partial charge < -0.3 is 37.2 Å². The molecule has 0 saturated carbocycles. The molecule has 0 heterocycles. The lowest BCUT2D eigenvalue weighted by atomic mass is 10.1. The number of nitrogens with two attached hydrogens (primary N) is 1. The number of carbonyl (C=O) groups is 4. The Bertz CT molecular complexity index is 469. The molecule has 0 rings (SSSR count). The van der Waals surface area contributed by atoms with Crippen molar-refractivity contribution >= 4 is 23.8 Å². The van der Waals surface area contributed by atoms with Gasteiger partial charge in [-0.1, -0.05) is 6.92 Å². The normalized spacial score (nSPS) is 14.2. The van der Waals surface area contributed by atoms with Crippen molar-refractivity contribution in [1.82, 2.24) is 21.3 Å². The highest BCUT2D eigenvalue weighted by atomic mass is 16.4. The smallest absolute Gasteiger partial charge is 0.328 e. The minimum Gasteiger partial charge on any atom is -0.481 e. The topological polar surface area (TPSA) is 183 Å². The van der Waals surface area contributed by atoms with Crippen molar-refractivity contribution in [3.63, 3.8) is 0 Å². The summed E-state index contributed by atoms with van der Waals surface area (Å²) in [5.41, 5.74) is 5.40. The highest BCUT2D eigenvalue weighted by Gasteiger charge is 2.26. The van der Waals surface area contributed by atoms with Crippen LogP contribution in [0.3, 0.4) is 0 Å². The molecule has 2 amide bonds. The lowest BCUT2D eigenvalue weighted by Crippen LogP contribution is -2.56. The highest BCUT2D eigenvalue weighted by molar-refractivity contribution is 5.88. The molecule has 0 fully saturated rings. The number of likely N-dealkylation sites (N-methyl/N-ethyl adjacent to an activating group) is 2. The third-order valence-corrected chi connectivity index (χ3v) is 3.41. The fourth-order valence-corrected chi connectivity index (χ4v) is 1.99. The van der Waals surface area contributed by atoms with Crippen LogP contribution in [-0.4, -0.2) is 78.8 Å². The van der Waals surface area contributed by atoms with Gasteiger partial charge in [0.25, 0.3) is 0 Å². The van der Waals surface area contributed by atoms with Gasteiger partial charge in [-0.2, -0.15) is 0 Å². The number of carbonyl (C=O) groups excluding carboxylic acids is 2. The van der Waals surface area contributed by atoms with Gasteiger partial charge in [0.15, 0.2) is 0 Å². The number of nitrogens with one attached hydrogen (secondary N) is 4. The van der Waals surface area contributed by atoms with E-state index in [-0.39, 0.29) is 25.9 Å². The van der Waals surface area contributed by atoms with Crippen LogP contribution in [0.5, 0.6) is 0 Å². The maximum absolute atomic E-state index is 12.2. The summed E-state index contributed by atoms with van der Waals surface area (Å²) in [5.74, 6) is -3.51. The van der Waals surface area contributed by atoms with Crippen molar-refractivity contribution in [3.8, 4) is 0 Å². The standard InChI is InChI=1S/C14H27N5O6/c1-3-17-8(4-5-11(20)21)13(23)19-10(14(24)25)7-18-12(22)9(6-15)16-2/h8-10,16-17H,3-7,15H2,1-2H3,(H,18,22)(H,19,23)(H,20,21)(H,24,25)/t8-,9-,10?/m0/s1. The van der Waals surface area contributed by atoms with Gasteiger partial charge in [0.1, 0.15) is 6.04 Å². The minimum absolute atomic E-state index is 0.0166. The van der Waals surface area contributed by atoms with E-state index in [0.717, 1.165) is 0 Å². The minimum atomic E-state index is -1.35. The van der Waals surface area contributed by atoms with Gasteiger partial charge in [-0.15, -0.1) is 0 Å². The van der Waals surface area contributed by atoms with Crippen molar-refractivity contribution in [1.29, 1.82) is 0 Å². The Hall–Kier alpha value is -2.24. The first-order chi connectivity index (χ1) is 11.8. The van der Waals surface area contributed by atoms with Gasteiger partial charge in [0.05, 0.1) is 12.1 Å². The number of carboxylic acids is 2. The van der Waals surface area contributed by atoms with E-state index in [9.17, 15) is 24.3 Å². The van der Waals surface area contributed by atoms with Gasteiger partial charge in [0.2, 0.25) is 11.8 Å². The molecular weight excluding hydrogens is 334 g/mol. The first-order valence-electron chi connectivity index (χ1n) is 7.90. The third kappa shape index (κ3) is 8.98. The van der Waals surface area contributed by atoms with Crippen molar-refractivity contribution < 1.29 is 29.4 Å². The second-order valence-corrected chi connectivity index (χ2v) is 5.26. The summed E-state index contributed by atoms with van der Waals surface area (Å²) in [6.07, 6.45) is -0.220. The number of rotatable bonds is 13. The third-order valence-electron chi connectivity index (χ3n) is 3.41. The number of amides is 2. The molecule has 0 aliphatic heterocycles. The SMILES string of the molecule is CCN[C@@H](CCC(=O)O)C(=O)NC(CNC(=O)[C@H](CN)NC)C(=O)O. The number of aliphatic carboxylic acids is 2. The second kappa shape index (κ2) is 12.2. The van der Waals surface area contributed by atoms with E-state index in [0.29, 0.717) is 6.54 Å². The average Bonchev–Trinajstić information content (AvgIpc) is 2.55. The van der Waals surface area contributed by atoms with E-state index in [1.54, 1.807) is 6.92 Å². The number of carboxylic acid groups (broad SMARTS) is 2. The van der Waals surface area contributed by atoms with E-state index >= 15 is 0 Å². The Morgan fingerprint density at radius 3 is 2.12 bits per heavy atom. The maximum Gasteiger partial charge on any atom is 0.328 e. The summed E-state index contributed by atoms with van der Waals surface area (Å²) in [6, 6.07) is -2.86. The second-order valence-electron chi connectivity index (χ2n) is 5.26. The first kappa shape index (κ1) is 22.8. The predicted molar refractivity (Wildman–Crippen MR) is 88.8 cm³/mol. The van der Waals surface area contributed by atoms with Crippen LogP contribution in [0.2, 0.25) is 0 Å². The Balaban J connectivity index is 4.75. The molecule has 0 radical (unpaired) electrons. The summed E-state index contributed by atoms with van der Waals surface area (Å²) >= 11 is 0. The van der Waals surface area contributed by atoms with Crippen molar-refractivity contribution in [2.75, 3.05) is 26.7 Å². The molecule has 3 atom stereocenters. The van der Waals surface area contributed by atoms with Crippen LogP contribution >= 0.6 is 0 Å². The van der Waals surface area contributed by atoms with Crippen LogP contribution in [0.15, 0.2) is 0 Å². The molecule has 144 valence electrons. The summed E-state index contributed by atoms with van der Waals surface area (Å²) in [4.78, 5) is 45.9. The Labute approximate surface area is 145 Å². The van der Waals surface area contributed by atoms with Crippen LogP contribution in [0.25, 0.3) is 0 Å². The Kier molecular flexibility index (Phi) is 11.1. The molecule has 0 aliphatic rings. The molecule has 8 N–H and O–H groups in total. The molecule has 0 aliphatic carbocycles. The maximum atomic E-state index is 12.2. The van der Waals surface area contributed by atoms with Crippen LogP contribution in [0, 0.1) is 0 Å². The van der Waals surface area contributed by atoms with Gasteiger partial charge in [-0.05, 0) is 20.0 Å². The van der Waals surface area contributed by atoms with Crippen LogP contribution in [0.1, 0.15) is 19.8 Å². The van der Waals surface area contributed by atoms with Crippen molar-refractivity contribution in [3.05, 3.63) is 0 Å². The predicted octanol–water partition coefficient (Wildman–Crippen LogP) is -2.94. The molecule has 0 aromatic heterocycles. The summed E-state index contributed by atoms with van der Waals surface area (Å²) < 4.78 is 0. The van der Waals surface area contributed by atoms with Gasteiger partial charge in [-0.3, -0.25) is 14.4 Å². The molecule has 0 saturated heterocycles. The van der Waals surface area contributed by atoms with E-state index in [4.69, 9.17) is 10.8 Å². The van der Waals surface area contributed by atoms with E-state index in [1.165, 1.54) is 7.05 Å². The fourth-order valence-electron chi connectivity index (χ4n) is 1.99. The molecule has 11 heteroatoms. The van der Waals surface area contributed by atoms with Crippen molar-refractivity contribution in [2.24, 2.45) is 5.73 Å². The van der Waals surface area contributed by atoms with Gasteiger partial charge in [-0.25, -0.2) is 4.79 Å². The van der Waals surface area contributed by atoms with E-state index in [1.807, 2.05) is 0 Å². The van der Waals surface area contributed by atoms with Crippen LogP contribution in [0.4, 0.5) is 0 Å². The highest BCUT2D eigenvalue weighted by Crippen LogP contribution is 1.99. The molecule has 0 spiro atoms. The van der Waals surface area contributed by atoms with Crippen LogP contribution < -0.4 is 27.0 Å². The zero-order valence-corrected chi connectivity index (χ0v) is 14.4. The summed E-state index contributed by atoms with van der Waals surface area (Å²) in [6.45, 7) is 1.85. The Morgan fingerprint density at radius 1 is 1.04 bits per heavy atom. The van der Waals surface area contributed by atoms with Crippen LogP contribution in [-0.2, 0) is 19.2 Å². The summed E-state index contributed by atoms with van der Waals surface area (Å²) in [7, 11) is 1.54. The van der Waals surface area contributed by atoms with Gasteiger partial charge in [0, 0.05) is 19.5 Å². The monoisotopic (exact) mass is 361 g/mol. The molecule has 1 unspecified atom stereocenters. The molecule has 25 heavy (non-hydrogen) atoms. The average molecular weight is 361 g/mol. The van der Waals surface area contributed by atoms with E-state index in [2.05, 4.69) is 21.3 Å². The number of hydrogen-bond donors (Lipinski definition) is 7. The summed E-state index contributed by atoms with van der Waals surface area (Å²) in [5, 5.41) is 28.1. The molecule has 0 aromatic carbocycles. The van der Waals surface area contributed by atoms with Crippen molar-refractivity contribution in [2.45, 2.75) is 37.9 Å². The molecule has 0 aromatic rings. The number of hydrogen-bond acceptors (Lipinski definition) is 7. The molecule has 0 bridgehead atoms. The Morgan fingerprint density at radius 2 is 1.68 bits per heavy atom. The first-order valence-corrected chi connectivity index (χ1v) is 7.90. The molecular formula is C14H27N5O6. The van der Waals surface area contributed by atoms with Gasteiger partial charge >= 0.3 is 11.9 Å². The molecule has 11 nitrogen and oxygen atoms in total. The zero-order chi connectivity index (χ0) is 19.4.